The first-order valence-corrected chi connectivity index (χ1v) is 5.65. The van der Waals surface area contributed by atoms with Gasteiger partial charge in [-0.15, -0.1) is 12.3 Å². The first-order chi connectivity index (χ1) is 8.52. The van der Waals surface area contributed by atoms with Gasteiger partial charge in [0.25, 0.3) is 0 Å². The number of carbonyl (C=O) groups is 2. The Balaban J connectivity index is 2.55. The summed E-state index contributed by atoms with van der Waals surface area (Å²) in [6.07, 6.45) is 5.63. The molecule has 0 aliphatic rings. The van der Waals surface area contributed by atoms with Crippen molar-refractivity contribution in [2.24, 2.45) is 0 Å². The van der Waals surface area contributed by atoms with Crippen LogP contribution < -0.4 is 10.6 Å². The van der Waals surface area contributed by atoms with Crippen molar-refractivity contribution >= 4 is 17.5 Å². The molecule has 0 heterocycles. The summed E-state index contributed by atoms with van der Waals surface area (Å²) in [6.45, 7) is 3.33. The topological polar surface area (TPSA) is 58.2 Å². The van der Waals surface area contributed by atoms with Crippen molar-refractivity contribution in [2.45, 2.75) is 26.3 Å². The van der Waals surface area contributed by atoms with Crippen LogP contribution in [0.15, 0.2) is 24.3 Å². The molecular formula is C14H16N2O2. The lowest BCUT2D eigenvalue weighted by atomic mass is 10.1. The molecule has 2 amide bonds. The van der Waals surface area contributed by atoms with Gasteiger partial charge in [-0.3, -0.25) is 4.79 Å². The second-order valence-electron chi connectivity index (χ2n) is 4.04. The standard InChI is InChI=1S/C14H16N2O2/c1-4-5-10(2)15-14(18)16-13-8-6-12(7-9-13)11(3)17/h1,6-10H,5H2,2-3H3,(H2,15,16,18). The maximum absolute atomic E-state index is 11.6. The summed E-state index contributed by atoms with van der Waals surface area (Å²) >= 11 is 0. The zero-order valence-electron chi connectivity index (χ0n) is 10.5. The Bertz CT molecular complexity index is 472. The summed E-state index contributed by atoms with van der Waals surface area (Å²) in [7, 11) is 0. The maximum Gasteiger partial charge on any atom is 0.319 e. The molecule has 0 radical (unpaired) electrons. The van der Waals surface area contributed by atoms with Crippen LogP contribution in [-0.4, -0.2) is 17.9 Å². The average molecular weight is 244 g/mol. The lowest BCUT2D eigenvalue weighted by molar-refractivity contribution is 0.101. The van der Waals surface area contributed by atoms with Gasteiger partial charge in [0, 0.05) is 23.7 Å². The van der Waals surface area contributed by atoms with Crippen molar-refractivity contribution in [3.8, 4) is 12.3 Å². The van der Waals surface area contributed by atoms with Gasteiger partial charge < -0.3 is 10.6 Å². The van der Waals surface area contributed by atoms with E-state index in [1.807, 2.05) is 6.92 Å². The highest BCUT2D eigenvalue weighted by molar-refractivity contribution is 5.95. The number of hydrogen-bond acceptors (Lipinski definition) is 2. The molecular weight excluding hydrogens is 228 g/mol. The second-order valence-corrected chi connectivity index (χ2v) is 4.04. The number of nitrogens with one attached hydrogen (secondary N) is 2. The van der Waals surface area contributed by atoms with Gasteiger partial charge in [0.15, 0.2) is 5.78 Å². The predicted octanol–water partition coefficient (Wildman–Crippen LogP) is 2.42. The number of Topliss-reactive ketones (excluding diaryl/α,β-unsaturated/α-hetero) is 1. The van der Waals surface area contributed by atoms with E-state index in [1.54, 1.807) is 24.3 Å². The van der Waals surface area contributed by atoms with E-state index in [0.29, 0.717) is 17.7 Å². The van der Waals surface area contributed by atoms with Crippen molar-refractivity contribution in [3.63, 3.8) is 0 Å². The molecule has 1 aromatic carbocycles. The molecule has 4 nitrogen and oxygen atoms in total. The minimum Gasteiger partial charge on any atom is -0.334 e. The fraction of sp³-hybridized carbons (Fsp3) is 0.286. The Kier molecular flexibility index (Phi) is 4.94. The van der Waals surface area contributed by atoms with Crippen molar-refractivity contribution in [2.75, 3.05) is 5.32 Å². The molecule has 0 aliphatic carbocycles. The van der Waals surface area contributed by atoms with Crippen LogP contribution in [0.3, 0.4) is 0 Å². The number of carbonyl (C=O) groups excluding carboxylic acids is 2. The Morgan fingerprint density at radius 3 is 2.44 bits per heavy atom. The first kappa shape index (κ1) is 13.8. The number of ketones is 1. The fourth-order valence-corrected chi connectivity index (χ4v) is 1.41. The summed E-state index contributed by atoms with van der Waals surface area (Å²) in [5, 5.41) is 5.37. The number of rotatable bonds is 4. The molecule has 0 fully saturated rings. The Morgan fingerprint density at radius 2 is 1.94 bits per heavy atom. The highest BCUT2D eigenvalue weighted by atomic mass is 16.2. The van der Waals surface area contributed by atoms with E-state index in [2.05, 4.69) is 16.6 Å². The third kappa shape index (κ3) is 4.30. The molecule has 1 unspecified atom stereocenters. The molecule has 0 aromatic heterocycles. The van der Waals surface area contributed by atoms with Crippen molar-refractivity contribution < 1.29 is 9.59 Å². The minimum atomic E-state index is -0.312. The number of amides is 2. The summed E-state index contributed by atoms with van der Waals surface area (Å²) in [4.78, 5) is 22.6. The molecule has 1 aromatic rings. The van der Waals surface area contributed by atoms with Crippen LogP contribution in [0.4, 0.5) is 10.5 Å². The largest absolute Gasteiger partial charge is 0.334 e. The minimum absolute atomic E-state index is 0.00589. The summed E-state index contributed by atoms with van der Waals surface area (Å²) in [5.41, 5.74) is 1.24. The third-order valence-corrected chi connectivity index (χ3v) is 2.35. The van der Waals surface area contributed by atoms with E-state index in [9.17, 15) is 9.59 Å². The highest BCUT2D eigenvalue weighted by Crippen LogP contribution is 2.09. The van der Waals surface area contributed by atoms with Crippen LogP contribution in [0.2, 0.25) is 0 Å². The summed E-state index contributed by atoms with van der Waals surface area (Å²) in [6, 6.07) is 6.32. The van der Waals surface area contributed by atoms with E-state index in [1.165, 1.54) is 6.92 Å². The quantitative estimate of drug-likeness (QED) is 0.631. The van der Waals surface area contributed by atoms with Gasteiger partial charge >= 0.3 is 6.03 Å². The van der Waals surface area contributed by atoms with Gasteiger partial charge in [0.2, 0.25) is 0 Å². The van der Waals surface area contributed by atoms with Crippen LogP contribution >= 0.6 is 0 Å². The number of benzene rings is 1. The van der Waals surface area contributed by atoms with E-state index in [0.717, 1.165) is 0 Å². The molecule has 0 spiro atoms. The van der Waals surface area contributed by atoms with Gasteiger partial charge in [0.05, 0.1) is 0 Å². The summed E-state index contributed by atoms with van der Waals surface area (Å²) < 4.78 is 0. The molecule has 18 heavy (non-hydrogen) atoms. The van der Waals surface area contributed by atoms with Crippen LogP contribution in [0.5, 0.6) is 0 Å². The van der Waals surface area contributed by atoms with Gasteiger partial charge in [0.1, 0.15) is 0 Å². The van der Waals surface area contributed by atoms with Gasteiger partial charge in [-0.1, -0.05) is 0 Å². The zero-order chi connectivity index (χ0) is 13.5. The van der Waals surface area contributed by atoms with Crippen molar-refractivity contribution in [1.29, 1.82) is 0 Å². The Labute approximate surface area is 107 Å². The monoisotopic (exact) mass is 244 g/mol. The molecule has 1 rings (SSSR count). The van der Waals surface area contributed by atoms with E-state index >= 15 is 0 Å². The molecule has 0 saturated heterocycles. The average Bonchev–Trinajstić information content (AvgIpc) is 2.29. The van der Waals surface area contributed by atoms with E-state index in [-0.39, 0.29) is 17.9 Å². The van der Waals surface area contributed by atoms with Gasteiger partial charge in [-0.25, -0.2) is 4.79 Å². The molecule has 4 heteroatoms. The molecule has 0 bridgehead atoms. The highest BCUT2D eigenvalue weighted by Gasteiger charge is 2.06. The number of urea groups is 1. The summed E-state index contributed by atoms with van der Waals surface area (Å²) in [5.74, 6) is 2.47. The molecule has 0 saturated carbocycles. The van der Waals surface area contributed by atoms with Crippen molar-refractivity contribution in [1.82, 2.24) is 5.32 Å². The van der Waals surface area contributed by atoms with E-state index in [4.69, 9.17) is 6.42 Å². The number of hydrogen-bond donors (Lipinski definition) is 2. The molecule has 2 N–H and O–H groups in total. The first-order valence-electron chi connectivity index (χ1n) is 5.65. The van der Waals surface area contributed by atoms with Crippen LogP contribution in [0, 0.1) is 12.3 Å². The number of terminal acetylenes is 1. The normalized spacial score (nSPS) is 11.2. The van der Waals surface area contributed by atoms with E-state index < -0.39 is 0 Å². The molecule has 1 atom stereocenters. The fourth-order valence-electron chi connectivity index (χ4n) is 1.41. The van der Waals surface area contributed by atoms with Gasteiger partial charge in [-0.2, -0.15) is 0 Å². The predicted molar refractivity (Wildman–Crippen MR) is 71.5 cm³/mol. The van der Waals surface area contributed by atoms with Crippen LogP contribution in [-0.2, 0) is 0 Å². The molecule has 94 valence electrons. The smallest absolute Gasteiger partial charge is 0.319 e. The van der Waals surface area contributed by atoms with Crippen molar-refractivity contribution in [3.05, 3.63) is 29.8 Å². The Morgan fingerprint density at radius 1 is 1.33 bits per heavy atom. The lowest BCUT2D eigenvalue weighted by Crippen LogP contribution is -2.35. The van der Waals surface area contributed by atoms with Gasteiger partial charge in [-0.05, 0) is 38.1 Å². The van der Waals surface area contributed by atoms with Crippen LogP contribution in [0.1, 0.15) is 30.6 Å². The lowest BCUT2D eigenvalue weighted by Gasteiger charge is -2.12. The second kappa shape index (κ2) is 6.45. The zero-order valence-corrected chi connectivity index (χ0v) is 10.5. The Hall–Kier alpha value is -2.28. The number of anilines is 1. The SMILES string of the molecule is C#CCC(C)NC(=O)Nc1ccc(C(C)=O)cc1. The van der Waals surface area contributed by atoms with Crippen LogP contribution in [0.25, 0.3) is 0 Å². The maximum atomic E-state index is 11.6. The third-order valence-electron chi connectivity index (χ3n) is 2.35. The molecule has 0 aliphatic heterocycles.